The molecule has 4 aromatic rings. The van der Waals surface area contributed by atoms with Gasteiger partial charge >= 0.3 is 0 Å². The van der Waals surface area contributed by atoms with Crippen LogP contribution < -0.4 is 10.6 Å². The van der Waals surface area contributed by atoms with Gasteiger partial charge in [-0.2, -0.15) is 5.10 Å². The van der Waals surface area contributed by atoms with Gasteiger partial charge in [0.25, 0.3) is 5.91 Å². The van der Waals surface area contributed by atoms with E-state index in [0.29, 0.717) is 22.6 Å². The Labute approximate surface area is 196 Å². The molecule has 2 amide bonds. The lowest BCUT2D eigenvalue weighted by molar-refractivity contribution is -0.118. The van der Waals surface area contributed by atoms with Crippen LogP contribution in [-0.4, -0.2) is 27.6 Å². The van der Waals surface area contributed by atoms with E-state index in [1.165, 1.54) is 12.1 Å². The maximum atomic E-state index is 13.7. The Morgan fingerprint density at radius 2 is 1.65 bits per heavy atom. The van der Waals surface area contributed by atoms with Gasteiger partial charge in [0.05, 0.1) is 11.4 Å². The number of hydrogen-bond donors (Lipinski definition) is 2. The second kappa shape index (κ2) is 8.59. The molecule has 0 saturated heterocycles. The molecule has 3 aromatic carbocycles. The molecule has 0 bridgehead atoms. The first-order valence-electron chi connectivity index (χ1n) is 11.0. The van der Waals surface area contributed by atoms with Crippen molar-refractivity contribution in [2.24, 2.45) is 0 Å². The van der Waals surface area contributed by atoms with E-state index in [1.54, 1.807) is 41.1 Å². The van der Waals surface area contributed by atoms with Gasteiger partial charge in [0.2, 0.25) is 5.91 Å². The molecule has 0 spiro atoms. The van der Waals surface area contributed by atoms with Crippen molar-refractivity contribution < 1.29 is 14.0 Å². The summed E-state index contributed by atoms with van der Waals surface area (Å²) in [5.74, 6) is -1.09. The molecular formula is C27H23FN4O2. The minimum absolute atomic E-state index is 0.361. The van der Waals surface area contributed by atoms with Crippen molar-refractivity contribution in [3.05, 3.63) is 113 Å². The van der Waals surface area contributed by atoms with E-state index < -0.39 is 12.0 Å². The normalized spacial score (nSPS) is 17.1. The molecule has 0 radical (unpaired) electrons. The van der Waals surface area contributed by atoms with Crippen LogP contribution in [0.1, 0.15) is 38.7 Å². The van der Waals surface area contributed by atoms with Gasteiger partial charge in [-0.1, -0.05) is 48.0 Å². The Morgan fingerprint density at radius 3 is 2.32 bits per heavy atom. The van der Waals surface area contributed by atoms with Crippen LogP contribution in [0.3, 0.4) is 0 Å². The molecule has 2 atom stereocenters. The van der Waals surface area contributed by atoms with Crippen molar-refractivity contribution in [2.75, 3.05) is 5.32 Å². The van der Waals surface area contributed by atoms with E-state index in [4.69, 9.17) is 5.10 Å². The fraction of sp³-hybridized carbons (Fsp3) is 0.148. The van der Waals surface area contributed by atoms with Crippen LogP contribution in [-0.2, 0) is 4.79 Å². The fourth-order valence-corrected chi connectivity index (χ4v) is 4.41. The third-order valence-electron chi connectivity index (χ3n) is 6.11. The molecule has 1 aliphatic rings. The summed E-state index contributed by atoms with van der Waals surface area (Å²) in [5, 5.41) is 10.6. The predicted octanol–water partition coefficient (Wildman–Crippen LogP) is 4.51. The maximum Gasteiger partial charge on any atom is 0.251 e. The van der Waals surface area contributed by atoms with Gasteiger partial charge in [-0.05, 0) is 55.8 Å². The van der Waals surface area contributed by atoms with Crippen molar-refractivity contribution in [3.63, 3.8) is 0 Å². The molecular weight excluding hydrogens is 431 g/mol. The van der Waals surface area contributed by atoms with Crippen LogP contribution in [0.2, 0.25) is 0 Å². The molecule has 0 saturated carbocycles. The number of anilines is 1. The molecule has 0 aliphatic carbocycles. The highest BCUT2D eigenvalue weighted by Gasteiger charge is 2.41. The summed E-state index contributed by atoms with van der Waals surface area (Å²) < 4.78 is 15.4. The zero-order valence-corrected chi connectivity index (χ0v) is 18.7. The first-order chi connectivity index (χ1) is 16.4. The number of aryl methyl sites for hydroxylation is 2. The number of hydrogen-bond acceptors (Lipinski definition) is 3. The van der Waals surface area contributed by atoms with Crippen molar-refractivity contribution in [1.82, 2.24) is 15.1 Å². The number of carbonyl (C=O) groups is 2. The fourth-order valence-electron chi connectivity index (χ4n) is 4.41. The number of carbonyl (C=O) groups excluding carboxylic acids is 2. The summed E-state index contributed by atoms with van der Waals surface area (Å²) in [6, 6.07) is 21.7. The van der Waals surface area contributed by atoms with Gasteiger partial charge in [-0.25, -0.2) is 9.07 Å². The topological polar surface area (TPSA) is 76.0 Å². The van der Waals surface area contributed by atoms with Gasteiger partial charge in [0, 0.05) is 17.0 Å². The molecule has 2 N–H and O–H groups in total. The molecule has 170 valence electrons. The first-order valence-corrected chi connectivity index (χ1v) is 11.0. The third kappa shape index (κ3) is 3.85. The highest BCUT2D eigenvalue weighted by Crippen LogP contribution is 2.40. The highest BCUT2D eigenvalue weighted by molar-refractivity contribution is 6.04. The minimum atomic E-state index is -0.903. The minimum Gasteiger partial charge on any atom is -0.339 e. The lowest BCUT2D eigenvalue weighted by Crippen LogP contribution is -2.50. The van der Waals surface area contributed by atoms with E-state index in [-0.39, 0.29) is 17.6 Å². The smallest absolute Gasteiger partial charge is 0.251 e. The molecule has 0 unspecified atom stereocenters. The first kappa shape index (κ1) is 21.6. The van der Waals surface area contributed by atoms with Crippen molar-refractivity contribution in [3.8, 4) is 5.69 Å². The average molecular weight is 455 g/mol. The maximum absolute atomic E-state index is 13.7. The van der Waals surface area contributed by atoms with Gasteiger partial charge in [0.15, 0.2) is 0 Å². The Hall–Kier alpha value is -4.26. The van der Waals surface area contributed by atoms with Crippen LogP contribution >= 0.6 is 0 Å². The number of fused-ring (bicyclic) bond motifs is 1. The van der Waals surface area contributed by atoms with Crippen LogP contribution in [0.25, 0.3) is 5.69 Å². The molecule has 1 aliphatic heterocycles. The van der Waals surface area contributed by atoms with Gasteiger partial charge in [-0.3, -0.25) is 9.59 Å². The Balaban J connectivity index is 1.62. The summed E-state index contributed by atoms with van der Waals surface area (Å²) in [6.07, 6.45) is 0. The lowest BCUT2D eigenvalue weighted by Gasteiger charge is -2.32. The number of nitrogens with one attached hydrogen (secondary N) is 2. The monoisotopic (exact) mass is 454 g/mol. The molecule has 0 fully saturated rings. The summed E-state index contributed by atoms with van der Waals surface area (Å²) in [6.45, 7) is 3.87. The quantitative estimate of drug-likeness (QED) is 0.476. The molecule has 7 heteroatoms. The molecule has 5 rings (SSSR count). The highest BCUT2D eigenvalue weighted by atomic mass is 19.1. The van der Waals surface area contributed by atoms with E-state index >= 15 is 0 Å². The van der Waals surface area contributed by atoms with Gasteiger partial charge in [0.1, 0.15) is 17.7 Å². The van der Waals surface area contributed by atoms with Crippen molar-refractivity contribution >= 4 is 17.6 Å². The van der Waals surface area contributed by atoms with E-state index in [0.717, 1.165) is 16.8 Å². The number of amides is 2. The molecule has 1 aromatic heterocycles. The standard InChI is InChI=1S/C27H23FN4O2/c1-16-8-14-21(15-9-16)32-25-22(17(2)31-32)23(18-10-12-20(28)13-11-18)24(27(34)30-25)29-26(33)19-6-4-3-5-7-19/h3-15,23-24H,1-2H3,(H,29,33)(H,30,34)/t23-,24-/m1/s1. The zero-order chi connectivity index (χ0) is 23.8. The van der Waals surface area contributed by atoms with E-state index in [9.17, 15) is 14.0 Å². The number of aromatic nitrogens is 2. The molecule has 34 heavy (non-hydrogen) atoms. The van der Waals surface area contributed by atoms with E-state index in [2.05, 4.69) is 10.6 Å². The Bertz CT molecular complexity index is 1360. The molecule has 2 heterocycles. The lowest BCUT2D eigenvalue weighted by atomic mass is 9.82. The number of nitrogens with zero attached hydrogens (tertiary/aromatic N) is 2. The summed E-state index contributed by atoms with van der Waals surface area (Å²) in [5.41, 5.74) is 4.57. The SMILES string of the molecule is Cc1ccc(-n2nc(C)c3c2NC(=O)[C@H](NC(=O)c2ccccc2)[C@@H]3c2ccc(F)cc2)cc1. The summed E-state index contributed by atoms with van der Waals surface area (Å²) in [4.78, 5) is 26.4. The largest absolute Gasteiger partial charge is 0.339 e. The average Bonchev–Trinajstić information content (AvgIpc) is 3.17. The van der Waals surface area contributed by atoms with Crippen molar-refractivity contribution in [2.45, 2.75) is 25.8 Å². The summed E-state index contributed by atoms with van der Waals surface area (Å²) >= 11 is 0. The second-order valence-electron chi connectivity index (χ2n) is 8.43. The van der Waals surface area contributed by atoms with Crippen LogP contribution in [0, 0.1) is 19.7 Å². The van der Waals surface area contributed by atoms with Gasteiger partial charge < -0.3 is 10.6 Å². The van der Waals surface area contributed by atoms with Crippen LogP contribution in [0.5, 0.6) is 0 Å². The van der Waals surface area contributed by atoms with Crippen LogP contribution in [0.4, 0.5) is 10.2 Å². The predicted molar refractivity (Wildman–Crippen MR) is 128 cm³/mol. The zero-order valence-electron chi connectivity index (χ0n) is 18.7. The second-order valence-corrected chi connectivity index (χ2v) is 8.43. The third-order valence-corrected chi connectivity index (χ3v) is 6.11. The number of benzene rings is 3. The van der Waals surface area contributed by atoms with Crippen molar-refractivity contribution in [1.29, 1.82) is 0 Å². The summed E-state index contributed by atoms with van der Waals surface area (Å²) in [7, 11) is 0. The number of rotatable bonds is 4. The van der Waals surface area contributed by atoms with Gasteiger partial charge in [-0.15, -0.1) is 0 Å². The van der Waals surface area contributed by atoms with Crippen LogP contribution in [0.15, 0.2) is 78.9 Å². The number of halogens is 1. The molecule has 6 nitrogen and oxygen atoms in total. The van der Waals surface area contributed by atoms with E-state index in [1.807, 2.05) is 44.2 Å². The Morgan fingerprint density at radius 1 is 0.971 bits per heavy atom. The Kier molecular flexibility index (Phi) is 5.45.